The van der Waals surface area contributed by atoms with Gasteiger partial charge in [0.2, 0.25) is 0 Å². The molecule has 1 rings (SSSR count). The lowest BCUT2D eigenvalue weighted by Crippen LogP contribution is -2.19. The van der Waals surface area contributed by atoms with E-state index in [0.29, 0.717) is 0 Å². The Balaban J connectivity index is 3.00. The molecule has 1 heterocycles. The van der Waals surface area contributed by atoms with Crippen molar-refractivity contribution in [1.82, 2.24) is 5.43 Å². The fraction of sp³-hybridized carbons (Fsp3) is 0.111. The highest BCUT2D eigenvalue weighted by molar-refractivity contribution is 5.90. The first kappa shape index (κ1) is 10.0. The maximum atomic E-state index is 5.38. The molecule has 0 bridgehead atoms. The molecule has 0 fully saturated rings. The van der Waals surface area contributed by atoms with Gasteiger partial charge < -0.3 is 11.3 Å². The van der Waals surface area contributed by atoms with Crippen molar-refractivity contribution in [2.75, 3.05) is 0 Å². The summed E-state index contributed by atoms with van der Waals surface area (Å²) in [5, 5.41) is 3.41. The Morgan fingerprint density at radius 1 is 1.71 bits per heavy atom. The highest BCUT2D eigenvalue weighted by Crippen LogP contribution is 2.20. The first-order chi connectivity index (χ1) is 6.83. The molecule has 5 N–H and O–H groups in total. The number of hydrazine groups is 1. The molecule has 0 radical (unpaired) electrons. The molecule has 0 aliphatic carbocycles. The van der Waals surface area contributed by atoms with E-state index in [1.54, 1.807) is 18.6 Å². The highest BCUT2D eigenvalue weighted by Gasteiger charge is 2.16. The van der Waals surface area contributed by atoms with Gasteiger partial charge in [-0.1, -0.05) is 5.92 Å². The number of rotatable bonds is 2. The first-order valence-corrected chi connectivity index (χ1v) is 3.92. The topological polar surface area (TPSA) is 88.8 Å². The summed E-state index contributed by atoms with van der Waals surface area (Å²) >= 11 is 0. The second-order valence-corrected chi connectivity index (χ2v) is 2.60. The first-order valence-electron chi connectivity index (χ1n) is 3.92. The van der Waals surface area contributed by atoms with E-state index in [2.05, 4.69) is 21.4 Å². The Labute approximate surface area is 82.2 Å². The number of hydrazone groups is 1. The van der Waals surface area contributed by atoms with Gasteiger partial charge in [-0.3, -0.25) is 10.8 Å². The average Bonchev–Trinajstić information content (AvgIpc) is 2.19. The van der Waals surface area contributed by atoms with Crippen LogP contribution < -0.4 is 17.1 Å². The maximum Gasteiger partial charge on any atom is 0.0760 e. The zero-order valence-corrected chi connectivity index (χ0v) is 7.51. The normalized spacial score (nSPS) is 23.6. The maximum absolute atomic E-state index is 5.38. The predicted octanol–water partition coefficient (Wildman–Crippen LogP) is -0.504. The van der Waals surface area contributed by atoms with Gasteiger partial charge in [0.25, 0.3) is 0 Å². The molecule has 72 valence electrons. The van der Waals surface area contributed by atoms with E-state index in [1.807, 2.05) is 0 Å². The molecule has 0 amide bonds. The van der Waals surface area contributed by atoms with Gasteiger partial charge in [0.1, 0.15) is 0 Å². The van der Waals surface area contributed by atoms with Crippen molar-refractivity contribution in [2.24, 2.45) is 27.7 Å². The van der Waals surface area contributed by atoms with Crippen LogP contribution in [-0.2, 0) is 0 Å². The van der Waals surface area contributed by atoms with Crippen LogP contribution in [0.25, 0.3) is 0 Å². The lowest BCUT2D eigenvalue weighted by Gasteiger charge is -2.14. The van der Waals surface area contributed by atoms with Crippen molar-refractivity contribution in [3.05, 3.63) is 23.5 Å². The quantitative estimate of drug-likeness (QED) is 0.237. The smallest absolute Gasteiger partial charge is 0.0760 e. The molecular weight excluding hydrogens is 178 g/mol. The van der Waals surface area contributed by atoms with E-state index in [9.17, 15) is 0 Å². The van der Waals surface area contributed by atoms with Crippen LogP contribution in [0.15, 0.2) is 33.6 Å². The van der Waals surface area contributed by atoms with Gasteiger partial charge in [-0.05, 0) is 0 Å². The number of nitrogens with two attached hydrogens (primary N) is 2. The lowest BCUT2D eigenvalue weighted by atomic mass is 9.92. The highest BCUT2D eigenvalue weighted by atomic mass is 15.2. The Hall–Kier alpha value is -2.06. The van der Waals surface area contributed by atoms with Gasteiger partial charge >= 0.3 is 0 Å². The molecule has 0 spiro atoms. The van der Waals surface area contributed by atoms with E-state index in [1.165, 1.54) is 6.21 Å². The molecule has 0 aromatic rings. The number of hydrogen-bond donors (Lipinski definition) is 3. The summed E-state index contributed by atoms with van der Waals surface area (Å²) in [6.45, 7) is 0. The molecule has 0 aromatic carbocycles. The van der Waals surface area contributed by atoms with Gasteiger partial charge in [-0.15, -0.1) is 6.42 Å². The van der Waals surface area contributed by atoms with E-state index < -0.39 is 0 Å². The summed E-state index contributed by atoms with van der Waals surface area (Å²) in [6.07, 6.45) is 11.7. The van der Waals surface area contributed by atoms with Gasteiger partial charge in [0.05, 0.1) is 12.1 Å². The Bertz CT molecular complexity index is 356. The second kappa shape index (κ2) is 4.84. The minimum atomic E-state index is -0.212. The summed E-state index contributed by atoms with van der Waals surface area (Å²) in [6, 6.07) is 0. The molecule has 1 unspecified atom stereocenters. The zero-order valence-electron chi connectivity index (χ0n) is 7.51. The van der Waals surface area contributed by atoms with Gasteiger partial charge in [-0.25, -0.2) is 0 Å². The average molecular weight is 189 g/mol. The third-order valence-electron chi connectivity index (χ3n) is 1.75. The van der Waals surface area contributed by atoms with Crippen molar-refractivity contribution in [2.45, 2.75) is 0 Å². The van der Waals surface area contributed by atoms with Crippen molar-refractivity contribution in [3.8, 4) is 12.3 Å². The summed E-state index contributed by atoms with van der Waals surface area (Å²) in [5.41, 5.74) is 3.97. The zero-order chi connectivity index (χ0) is 10.4. The molecule has 14 heavy (non-hydrogen) atoms. The molecule has 5 nitrogen and oxygen atoms in total. The number of aliphatic imine (C=N–C) groups is 1. The monoisotopic (exact) mass is 189 g/mol. The van der Waals surface area contributed by atoms with Crippen molar-refractivity contribution in [1.29, 1.82) is 0 Å². The van der Waals surface area contributed by atoms with Gasteiger partial charge in [-0.2, -0.15) is 5.10 Å². The molecule has 0 saturated carbocycles. The van der Waals surface area contributed by atoms with Gasteiger partial charge in [0.15, 0.2) is 0 Å². The molecule has 0 aromatic heterocycles. The summed E-state index contributed by atoms with van der Waals surface area (Å²) < 4.78 is 0. The van der Waals surface area contributed by atoms with Crippen LogP contribution in [0.1, 0.15) is 0 Å². The van der Waals surface area contributed by atoms with E-state index >= 15 is 0 Å². The molecule has 0 saturated heterocycles. The standard InChI is InChI=1S/C9H11N5/c1-2-9-7(5-13-10)3-12-4-8(9)6-14-11/h1,3-6,9,13H,10-11H2. The lowest BCUT2D eigenvalue weighted by molar-refractivity contribution is 0.917. The van der Waals surface area contributed by atoms with Gasteiger partial charge in [0, 0.05) is 29.8 Å². The molecule has 5 heteroatoms. The fourth-order valence-corrected chi connectivity index (χ4v) is 1.15. The van der Waals surface area contributed by atoms with Crippen LogP contribution >= 0.6 is 0 Å². The molecule has 1 aliphatic rings. The number of nitrogens with one attached hydrogen (secondary N) is 1. The molecule has 1 atom stereocenters. The van der Waals surface area contributed by atoms with Crippen molar-refractivity contribution >= 4 is 12.4 Å². The number of nitrogens with zero attached hydrogens (tertiary/aromatic N) is 2. The molecule has 1 aliphatic heterocycles. The Morgan fingerprint density at radius 3 is 3.07 bits per heavy atom. The van der Waals surface area contributed by atoms with Crippen LogP contribution in [0.5, 0.6) is 0 Å². The largest absolute Gasteiger partial charge is 0.331 e. The van der Waals surface area contributed by atoms with Crippen molar-refractivity contribution < 1.29 is 0 Å². The molecular formula is C9H11N5. The number of allylic oxidation sites excluding steroid dienone is 2. The second-order valence-electron chi connectivity index (χ2n) is 2.60. The Kier molecular flexibility index (Phi) is 3.47. The Morgan fingerprint density at radius 2 is 2.50 bits per heavy atom. The minimum absolute atomic E-state index is 0.212. The predicted molar refractivity (Wildman–Crippen MR) is 57.0 cm³/mol. The van der Waals surface area contributed by atoms with E-state index in [0.717, 1.165) is 11.1 Å². The van der Waals surface area contributed by atoms with E-state index in [-0.39, 0.29) is 5.92 Å². The number of terminal acetylenes is 1. The van der Waals surface area contributed by atoms with Crippen LogP contribution in [0.3, 0.4) is 0 Å². The summed E-state index contributed by atoms with van der Waals surface area (Å²) in [4.78, 5) is 3.98. The summed E-state index contributed by atoms with van der Waals surface area (Å²) in [7, 11) is 0. The van der Waals surface area contributed by atoms with Crippen LogP contribution in [0.2, 0.25) is 0 Å². The summed E-state index contributed by atoms with van der Waals surface area (Å²) in [5.74, 6) is 12.6. The van der Waals surface area contributed by atoms with Crippen LogP contribution in [-0.4, -0.2) is 12.4 Å². The van der Waals surface area contributed by atoms with Crippen LogP contribution in [0.4, 0.5) is 0 Å². The van der Waals surface area contributed by atoms with Crippen molar-refractivity contribution in [3.63, 3.8) is 0 Å². The van der Waals surface area contributed by atoms with E-state index in [4.69, 9.17) is 18.1 Å². The third kappa shape index (κ3) is 2.00. The minimum Gasteiger partial charge on any atom is -0.331 e. The third-order valence-corrected chi connectivity index (χ3v) is 1.75. The fourth-order valence-electron chi connectivity index (χ4n) is 1.15. The SMILES string of the molecule is C#CC1C(C=NN)=CN=CC1=CNN. The number of hydrogen-bond acceptors (Lipinski definition) is 5. The van der Waals surface area contributed by atoms with Crippen LogP contribution in [0, 0.1) is 18.3 Å².